The lowest BCUT2D eigenvalue weighted by Crippen LogP contribution is -2.42. The number of nitrogens with one attached hydrogen (secondary N) is 1. The average Bonchev–Trinajstić information content (AvgIpc) is 2.56. The molecule has 2 saturated heterocycles. The summed E-state index contributed by atoms with van der Waals surface area (Å²) in [5.41, 5.74) is 1.97. The molecule has 1 unspecified atom stereocenters. The van der Waals surface area contributed by atoms with Gasteiger partial charge in [-0.3, -0.25) is 9.69 Å². The number of likely N-dealkylation sites (tertiary alicyclic amines) is 1. The van der Waals surface area contributed by atoms with Gasteiger partial charge in [-0.2, -0.15) is 0 Å². The first-order chi connectivity index (χ1) is 11.2. The summed E-state index contributed by atoms with van der Waals surface area (Å²) in [6, 6.07) is 7.94. The number of nitrogens with zero attached hydrogens (tertiary/aromatic N) is 2. The van der Waals surface area contributed by atoms with Gasteiger partial charge in [-0.1, -0.05) is 0 Å². The summed E-state index contributed by atoms with van der Waals surface area (Å²) in [4.78, 5) is 16.4. The fourth-order valence-electron chi connectivity index (χ4n) is 3.16. The molecule has 6 heteroatoms. The minimum absolute atomic E-state index is 0.0294. The van der Waals surface area contributed by atoms with Gasteiger partial charge < -0.3 is 20.1 Å². The van der Waals surface area contributed by atoms with E-state index in [1.54, 1.807) is 0 Å². The normalized spacial score (nSPS) is 22.8. The molecule has 6 nitrogen and oxygen atoms in total. The smallest absolute Gasteiger partial charge is 0.238 e. The highest BCUT2D eigenvalue weighted by Crippen LogP contribution is 2.19. The Morgan fingerprint density at radius 3 is 2.65 bits per heavy atom. The molecule has 2 aliphatic heterocycles. The second-order valence-electron chi connectivity index (χ2n) is 6.23. The van der Waals surface area contributed by atoms with Crippen LogP contribution in [0.3, 0.4) is 0 Å². The summed E-state index contributed by atoms with van der Waals surface area (Å²) in [6.07, 6.45) is 1.48. The van der Waals surface area contributed by atoms with Gasteiger partial charge in [0.05, 0.1) is 25.9 Å². The third kappa shape index (κ3) is 4.67. The molecule has 0 aliphatic carbocycles. The van der Waals surface area contributed by atoms with Crippen LogP contribution in [0, 0.1) is 0 Å². The monoisotopic (exact) mass is 319 g/mol. The van der Waals surface area contributed by atoms with Crippen LogP contribution in [0.15, 0.2) is 24.3 Å². The molecule has 1 amide bonds. The van der Waals surface area contributed by atoms with E-state index in [0.29, 0.717) is 13.1 Å². The predicted octanol–water partition coefficient (Wildman–Crippen LogP) is 0.918. The number of carbonyl (C=O) groups is 1. The molecule has 0 saturated carbocycles. The van der Waals surface area contributed by atoms with E-state index < -0.39 is 0 Å². The molecule has 3 rings (SSSR count). The van der Waals surface area contributed by atoms with Gasteiger partial charge in [-0.05, 0) is 43.7 Å². The fourth-order valence-corrected chi connectivity index (χ4v) is 3.16. The summed E-state index contributed by atoms with van der Waals surface area (Å²) in [7, 11) is 0. The topological polar surface area (TPSA) is 65.0 Å². The van der Waals surface area contributed by atoms with E-state index >= 15 is 0 Å². The number of anilines is 2. The van der Waals surface area contributed by atoms with E-state index in [-0.39, 0.29) is 12.0 Å². The minimum Gasteiger partial charge on any atom is -0.392 e. The van der Waals surface area contributed by atoms with Crippen molar-refractivity contribution in [2.45, 2.75) is 18.9 Å². The Morgan fingerprint density at radius 2 is 1.96 bits per heavy atom. The second kappa shape index (κ2) is 7.77. The van der Waals surface area contributed by atoms with Crippen LogP contribution < -0.4 is 10.2 Å². The Labute approximate surface area is 137 Å². The zero-order valence-electron chi connectivity index (χ0n) is 13.4. The number of aliphatic hydroxyl groups excluding tert-OH is 1. The molecule has 1 aromatic rings. The Kier molecular flexibility index (Phi) is 5.48. The lowest BCUT2D eigenvalue weighted by molar-refractivity contribution is -0.118. The zero-order chi connectivity index (χ0) is 16.1. The van der Waals surface area contributed by atoms with Crippen molar-refractivity contribution in [3.8, 4) is 0 Å². The molecule has 2 fully saturated rings. The molecule has 2 aliphatic rings. The van der Waals surface area contributed by atoms with Gasteiger partial charge in [-0.25, -0.2) is 0 Å². The largest absolute Gasteiger partial charge is 0.392 e. The van der Waals surface area contributed by atoms with Crippen LogP contribution >= 0.6 is 0 Å². The van der Waals surface area contributed by atoms with Gasteiger partial charge in [0, 0.05) is 31.0 Å². The van der Waals surface area contributed by atoms with Crippen molar-refractivity contribution in [2.24, 2.45) is 0 Å². The van der Waals surface area contributed by atoms with E-state index in [9.17, 15) is 9.90 Å². The Bertz CT molecular complexity index is 514. The number of rotatable bonds is 4. The molecular formula is C17H25N3O3. The molecule has 2 heterocycles. The number of ether oxygens (including phenoxy) is 1. The zero-order valence-corrected chi connectivity index (χ0v) is 13.4. The highest BCUT2D eigenvalue weighted by Gasteiger charge is 2.19. The van der Waals surface area contributed by atoms with Crippen molar-refractivity contribution in [2.75, 3.05) is 56.2 Å². The molecule has 1 atom stereocenters. The lowest BCUT2D eigenvalue weighted by atomic mass is 10.1. The minimum atomic E-state index is -0.302. The SMILES string of the molecule is O=C(CN1CCCC(O)C1)Nc1ccc(N2CCOCC2)cc1. The molecule has 0 bridgehead atoms. The number of amides is 1. The number of piperidine rings is 1. The first-order valence-corrected chi connectivity index (χ1v) is 8.34. The van der Waals surface area contributed by atoms with E-state index in [0.717, 1.165) is 57.1 Å². The van der Waals surface area contributed by atoms with Gasteiger partial charge in [0.25, 0.3) is 0 Å². The van der Waals surface area contributed by atoms with Crippen molar-refractivity contribution >= 4 is 17.3 Å². The maximum atomic E-state index is 12.1. The fraction of sp³-hybridized carbons (Fsp3) is 0.588. The number of hydrogen-bond donors (Lipinski definition) is 2. The number of benzene rings is 1. The maximum Gasteiger partial charge on any atom is 0.238 e. The van der Waals surface area contributed by atoms with E-state index in [1.807, 2.05) is 29.2 Å². The van der Waals surface area contributed by atoms with Crippen LogP contribution in [0.2, 0.25) is 0 Å². The standard InChI is InChI=1S/C17H25N3O3/c21-16-2-1-7-19(12-16)13-17(22)18-14-3-5-15(6-4-14)20-8-10-23-11-9-20/h3-6,16,21H,1-2,7-13H2,(H,18,22). The van der Waals surface area contributed by atoms with Crippen molar-refractivity contribution in [3.05, 3.63) is 24.3 Å². The first-order valence-electron chi connectivity index (χ1n) is 8.34. The van der Waals surface area contributed by atoms with Crippen LogP contribution in [0.25, 0.3) is 0 Å². The summed E-state index contributed by atoms with van der Waals surface area (Å²) >= 11 is 0. The molecule has 1 aromatic carbocycles. The van der Waals surface area contributed by atoms with E-state index in [1.165, 1.54) is 0 Å². The van der Waals surface area contributed by atoms with Crippen LogP contribution in [0.5, 0.6) is 0 Å². The van der Waals surface area contributed by atoms with Crippen LogP contribution in [0.4, 0.5) is 11.4 Å². The number of morpholine rings is 1. The summed E-state index contributed by atoms with van der Waals surface area (Å²) in [6.45, 7) is 5.14. The van der Waals surface area contributed by atoms with Gasteiger partial charge >= 0.3 is 0 Å². The van der Waals surface area contributed by atoms with Crippen molar-refractivity contribution < 1.29 is 14.6 Å². The molecule has 126 valence electrons. The molecule has 0 radical (unpaired) electrons. The van der Waals surface area contributed by atoms with Crippen LogP contribution in [0.1, 0.15) is 12.8 Å². The molecule has 2 N–H and O–H groups in total. The highest BCUT2D eigenvalue weighted by atomic mass is 16.5. The average molecular weight is 319 g/mol. The Balaban J connectivity index is 1.50. The first kappa shape index (κ1) is 16.2. The van der Waals surface area contributed by atoms with Crippen LogP contribution in [-0.4, -0.2) is 68.0 Å². The van der Waals surface area contributed by atoms with E-state index in [2.05, 4.69) is 10.2 Å². The van der Waals surface area contributed by atoms with Crippen molar-refractivity contribution in [1.82, 2.24) is 4.90 Å². The summed E-state index contributed by atoms with van der Waals surface area (Å²) in [5, 5.41) is 12.6. The van der Waals surface area contributed by atoms with Gasteiger partial charge in [-0.15, -0.1) is 0 Å². The van der Waals surface area contributed by atoms with E-state index in [4.69, 9.17) is 4.74 Å². The summed E-state index contributed by atoms with van der Waals surface area (Å²) in [5.74, 6) is -0.0294. The second-order valence-corrected chi connectivity index (χ2v) is 6.23. The third-order valence-corrected chi connectivity index (χ3v) is 4.38. The van der Waals surface area contributed by atoms with Crippen molar-refractivity contribution in [3.63, 3.8) is 0 Å². The number of aliphatic hydroxyl groups is 1. The van der Waals surface area contributed by atoms with Gasteiger partial charge in [0.1, 0.15) is 0 Å². The predicted molar refractivity (Wildman–Crippen MR) is 89.8 cm³/mol. The molecule has 23 heavy (non-hydrogen) atoms. The Morgan fingerprint density at radius 1 is 1.22 bits per heavy atom. The van der Waals surface area contributed by atoms with Crippen LogP contribution in [-0.2, 0) is 9.53 Å². The Hall–Kier alpha value is -1.63. The molecular weight excluding hydrogens is 294 g/mol. The lowest BCUT2D eigenvalue weighted by Gasteiger charge is -2.29. The highest BCUT2D eigenvalue weighted by molar-refractivity contribution is 5.92. The number of carbonyl (C=O) groups excluding carboxylic acids is 1. The number of hydrogen-bond acceptors (Lipinski definition) is 5. The van der Waals surface area contributed by atoms with Gasteiger partial charge in [0.15, 0.2) is 0 Å². The maximum absolute atomic E-state index is 12.1. The third-order valence-electron chi connectivity index (χ3n) is 4.38. The quantitative estimate of drug-likeness (QED) is 0.864. The molecule has 0 spiro atoms. The summed E-state index contributed by atoms with van der Waals surface area (Å²) < 4.78 is 5.36. The van der Waals surface area contributed by atoms with Gasteiger partial charge in [0.2, 0.25) is 5.91 Å². The number of β-amino-alcohol motifs (C(OH)–C–C–N with tert-alkyl or cyclic N) is 1. The molecule has 0 aromatic heterocycles. The van der Waals surface area contributed by atoms with Crippen molar-refractivity contribution in [1.29, 1.82) is 0 Å².